The van der Waals surface area contributed by atoms with E-state index in [0.29, 0.717) is 5.56 Å². The molecule has 15 heavy (non-hydrogen) atoms. The molecule has 0 radical (unpaired) electrons. The Labute approximate surface area is 101 Å². The van der Waals surface area contributed by atoms with Gasteiger partial charge in [-0.3, -0.25) is 4.79 Å². The van der Waals surface area contributed by atoms with E-state index < -0.39 is 11.8 Å². The molecule has 1 aromatic rings. The quantitative estimate of drug-likeness (QED) is 0.223. The van der Waals surface area contributed by atoms with Crippen molar-refractivity contribution in [2.24, 2.45) is 0 Å². The Balaban J connectivity index is 0. The molecule has 0 aliphatic heterocycles. The van der Waals surface area contributed by atoms with Gasteiger partial charge in [0.25, 0.3) is 0 Å². The first-order chi connectivity index (χ1) is 6.66. The summed E-state index contributed by atoms with van der Waals surface area (Å²) in [6, 6.07) is 8.35. The van der Waals surface area contributed by atoms with Crippen LogP contribution in [0.2, 0.25) is 0 Å². The average molecular weight is 198 g/mol. The second-order valence-corrected chi connectivity index (χ2v) is 2.70. The summed E-state index contributed by atoms with van der Waals surface area (Å²) in [7, 11) is 0. The Hall–Kier alpha value is -1.30. The monoisotopic (exact) mass is 198 g/mol. The van der Waals surface area contributed by atoms with Crippen LogP contribution < -0.4 is 18.9 Å². The summed E-state index contributed by atoms with van der Waals surface area (Å²) < 4.78 is 0. The molecule has 0 unspecified atom stereocenters. The third-order valence-electron chi connectivity index (χ3n) is 1.80. The van der Waals surface area contributed by atoms with Gasteiger partial charge in [-0.25, -0.2) is 4.79 Å². The van der Waals surface area contributed by atoms with E-state index in [9.17, 15) is 9.59 Å². The van der Waals surface area contributed by atoms with Gasteiger partial charge in [-0.05, 0) is 6.92 Å². The number of rotatable bonds is 3. The summed E-state index contributed by atoms with van der Waals surface area (Å²) in [5, 5.41) is 8.72. The van der Waals surface area contributed by atoms with Gasteiger partial charge in [-0.15, -0.1) is 0 Å². The topological polar surface area (TPSA) is 54.4 Å². The minimum Gasteiger partial charge on any atom is -1.00 e. The zero-order valence-electron chi connectivity index (χ0n) is 9.73. The van der Waals surface area contributed by atoms with Gasteiger partial charge >= 0.3 is 24.8 Å². The van der Waals surface area contributed by atoms with E-state index >= 15 is 0 Å². The molecular formula is C11H11LiO3. The first-order valence-electron chi connectivity index (χ1n) is 4.16. The predicted molar refractivity (Wildman–Crippen MR) is 53.3 cm³/mol. The summed E-state index contributed by atoms with van der Waals surface area (Å²) in [6.07, 6.45) is 1.30. The predicted octanol–water partition coefficient (Wildman–Crippen LogP) is -0.983. The maximum Gasteiger partial charge on any atom is 1.00 e. The van der Waals surface area contributed by atoms with Gasteiger partial charge in [0.2, 0.25) is 0 Å². The van der Waals surface area contributed by atoms with Crippen LogP contribution in [0.4, 0.5) is 0 Å². The molecule has 0 saturated heterocycles. The molecule has 0 amide bonds. The molecule has 0 fully saturated rings. The number of Topliss-reactive ketones (excluding diaryl/α,β-unsaturated/α-hetero) is 1. The Bertz CT molecular complexity index is 387. The van der Waals surface area contributed by atoms with Crippen molar-refractivity contribution in [3.8, 4) is 0 Å². The van der Waals surface area contributed by atoms with E-state index in [1.165, 1.54) is 13.0 Å². The third-order valence-corrected chi connectivity index (χ3v) is 1.80. The number of carboxylic acids is 1. The number of hydrogen-bond donors (Lipinski definition) is 1. The Morgan fingerprint density at radius 2 is 1.80 bits per heavy atom. The second kappa shape index (κ2) is 6.23. The van der Waals surface area contributed by atoms with Gasteiger partial charge in [-0.2, -0.15) is 0 Å². The average Bonchev–Trinajstić information content (AvgIpc) is 2.19. The molecule has 0 aliphatic rings. The molecule has 0 saturated carbocycles. The smallest absolute Gasteiger partial charge is 1.00 e. The van der Waals surface area contributed by atoms with Gasteiger partial charge in [0.05, 0.1) is 0 Å². The Morgan fingerprint density at radius 3 is 2.20 bits per heavy atom. The standard InChI is InChI=1S/C11H10O3.Li.H/c1-2-9(11(13)14)10(12)8-6-4-3-5-7-8;;/h2-7H,1H3,(H,13,14);;/q;+1;-1. The van der Waals surface area contributed by atoms with E-state index in [2.05, 4.69) is 0 Å². The van der Waals surface area contributed by atoms with Crippen LogP contribution in [0, 0.1) is 0 Å². The van der Waals surface area contributed by atoms with E-state index in [1.807, 2.05) is 0 Å². The molecule has 0 atom stereocenters. The largest absolute Gasteiger partial charge is 1.00 e. The Kier molecular flexibility index (Phi) is 5.69. The molecular weight excluding hydrogens is 187 g/mol. The fourth-order valence-electron chi connectivity index (χ4n) is 1.10. The van der Waals surface area contributed by atoms with Gasteiger partial charge in [0.1, 0.15) is 5.57 Å². The van der Waals surface area contributed by atoms with Crippen molar-refractivity contribution in [2.75, 3.05) is 0 Å². The van der Waals surface area contributed by atoms with Gasteiger partial charge in [-0.1, -0.05) is 36.4 Å². The van der Waals surface area contributed by atoms with Crippen LogP contribution in [-0.4, -0.2) is 16.9 Å². The van der Waals surface area contributed by atoms with E-state index in [4.69, 9.17) is 5.11 Å². The van der Waals surface area contributed by atoms with Crippen molar-refractivity contribution < 1.29 is 35.0 Å². The third kappa shape index (κ3) is 3.39. The van der Waals surface area contributed by atoms with Crippen LogP contribution >= 0.6 is 0 Å². The number of allylic oxidation sites excluding steroid dienone is 1. The molecule has 0 heterocycles. The van der Waals surface area contributed by atoms with E-state index in [0.717, 1.165) is 0 Å². The molecule has 4 heteroatoms. The van der Waals surface area contributed by atoms with Gasteiger partial charge in [0.15, 0.2) is 5.78 Å². The summed E-state index contributed by atoms with van der Waals surface area (Å²) >= 11 is 0. The molecule has 74 valence electrons. The van der Waals surface area contributed by atoms with Crippen molar-refractivity contribution in [1.29, 1.82) is 0 Å². The number of carbonyl (C=O) groups is 2. The summed E-state index contributed by atoms with van der Waals surface area (Å²) in [5.41, 5.74) is 0.194. The zero-order valence-corrected chi connectivity index (χ0v) is 8.73. The van der Waals surface area contributed by atoms with Crippen LogP contribution in [0.5, 0.6) is 0 Å². The zero-order chi connectivity index (χ0) is 10.6. The number of carboxylic acid groups (broad SMARTS) is 1. The van der Waals surface area contributed by atoms with Crippen LogP contribution in [-0.2, 0) is 4.79 Å². The number of benzene rings is 1. The van der Waals surface area contributed by atoms with Crippen molar-refractivity contribution in [3.63, 3.8) is 0 Å². The first kappa shape index (κ1) is 13.7. The summed E-state index contributed by atoms with van der Waals surface area (Å²) in [5.74, 6) is -1.65. The molecule has 3 nitrogen and oxygen atoms in total. The van der Waals surface area contributed by atoms with Crippen molar-refractivity contribution >= 4 is 11.8 Å². The number of aliphatic carboxylic acids is 1. The first-order valence-corrected chi connectivity index (χ1v) is 4.16. The minimum absolute atomic E-state index is 0. The normalized spacial score (nSPS) is 10.3. The SMILES string of the molecule is CC=C(C(=O)O)C(=O)c1ccccc1.[H-].[Li+]. The second-order valence-electron chi connectivity index (χ2n) is 2.70. The molecule has 1 rings (SSSR count). The fraction of sp³-hybridized carbons (Fsp3) is 0.0909. The van der Waals surface area contributed by atoms with Crippen LogP contribution in [0.1, 0.15) is 18.7 Å². The van der Waals surface area contributed by atoms with Crippen LogP contribution in [0.15, 0.2) is 42.0 Å². The molecule has 0 aliphatic carbocycles. The van der Waals surface area contributed by atoms with Crippen LogP contribution in [0.3, 0.4) is 0 Å². The number of ketones is 1. The maximum atomic E-state index is 11.6. The molecule has 1 aromatic carbocycles. The van der Waals surface area contributed by atoms with Crippen molar-refractivity contribution in [2.45, 2.75) is 6.92 Å². The van der Waals surface area contributed by atoms with Gasteiger partial charge in [0, 0.05) is 5.56 Å². The van der Waals surface area contributed by atoms with Crippen LogP contribution in [0.25, 0.3) is 0 Å². The fourth-order valence-corrected chi connectivity index (χ4v) is 1.10. The van der Waals surface area contributed by atoms with Crippen molar-refractivity contribution in [3.05, 3.63) is 47.5 Å². The summed E-state index contributed by atoms with van der Waals surface area (Å²) in [4.78, 5) is 22.2. The van der Waals surface area contributed by atoms with E-state index in [1.54, 1.807) is 30.3 Å². The molecule has 1 N–H and O–H groups in total. The molecule has 0 bridgehead atoms. The molecule has 0 spiro atoms. The summed E-state index contributed by atoms with van der Waals surface area (Å²) in [6.45, 7) is 1.53. The van der Waals surface area contributed by atoms with E-state index in [-0.39, 0.29) is 25.9 Å². The number of carbonyl (C=O) groups excluding carboxylic acids is 1. The maximum absolute atomic E-state index is 11.6. The number of hydrogen-bond acceptors (Lipinski definition) is 2. The minimum atomic E-state index is -1.19. The Morgan fingerprint density at radius 1 is 1.27 bits per heavy atom. The van der Waals surface area contributed by atoms with Crippen molar-refractivity contribution in [1.82, 2.24) is 0 Å². The molecule has 0 aromatic heterocycles. The van der Waals surface area contributed by atoms with Gasteiger partial charge < -0.3 is 6.53 Å².